The fraction of sp³-hybridized carbons (Fsp3) is 0.393. The third kappa shape index (κ3) is 8.05. The normalized spacial score (nSPS) is 11.6. The molecule has 0 unspecified atom stereocenters. The van der Waals surface area contributed by atoms with Gasteiger partial charge in [0.15, 0.2) is 0 Å². The smallest absolute Gasteiger partial charge is 0.873 e. The maximum atomic E-state index is 12.1. The SMILES string of the molecule is CC(C)(C)c1cc(Cl)c(C(C)(C)C)c([O-])c1[O-].Cc1cc(C)c(N=Cc2cnccn2)c(C)c1.[Ni+2]. The van der Waals surface area contributed by atoms with Crippen LogP contribution in [0.3, 0.4) is 0 Å². The molecule has 0 saturated heterocycles. The molecule has 0 aliphatic carbocycles. The van der Waals surface area contributed by atoms with Crippen LogP contribution < -0.4 is 10.2 Å². The third-order valence-electron chi connectivity index (χ3n) is 5.29. The van der Waals surface area contributed by atoms with Gasteiger partial charge in [-0.1, -0.05) is 70.8 Å². The van der Waals surface area contributed by atoms with Crippen LogP contribution in [0.5, 0.6) is 11.5 Å². The topological polar surface area (TPSA) is 84.3 Å². The molecule has 0 N–H and O–H groups in total. The zero-order chi connectivity index (χ0) is 25.8. The van der Waals surface area contributed by atoms with Gasteiger partial charge in [-0.15, -0.1) is 11.5 Å². The first-order valence-corrected chi connectivity index (χ1v) is 11.6. The molecule has 5 nitrogen and oxygen atoms in total. The molecule has 0 amide bonds. The molecule has 0 saturated carbocycles. The first kappa shape index (κ1) is 30.6. The van der Waals surface area contributed by atoms with Crippen LogP contribution in [-0.4, -0.2) is 16.2 Å². The molecule has 1 heterocycles. The molecule has 1 aromatic heterocycles. The third-order valence-corrected chi connectivity index (χ3v) is 5.59. The van der Waals surface area contributed by atoms with Crippen molar-refractivity contribution in [3.63, 3.8) is 0 Å². The summed E-state index contributed by atoms with van der Waals surface area (Å²) in [7, 11) is 0. The molecule has 7 heteroatoms. The Morgan fingerprint density at radius 2 is 1.43 bits per heavy atom. The number of aliphatic imine (C=N–C) groups is 1. The molecule has 190 valence electrons. The van der Waals surface area contributed by atoms with Gasteiger partial charge in [0, 0.05) is 17.4 Å². The van der Waals surface area contributed by atoms with Gasteiger partial charge in [0.1, 0.15) is 0 Å². The molecular weight excluding hydrogens is 504 g/mol. The minimum Gasteiger partial charge on any atom is -0.873 e. The van der Waals surface area contributed by atoms with Crippen LogP contribution >= 0.6 is 11.6 Å². The van der Waals surface area contributed by atoms with Gasteiger partial charge in [0.2, 0.25) is 0 Å². The summed E-state index contributed by atoms with van der Waals surface area (Å²) < 4.78 is 0. The van der Waals surface area contributed by atoms with Crippen LogP contribution in [0, 0.1) is 20.8 Å². The van der Waals surface area contributed by atoms with E-state index in [1.807, 2.05) is 41.5 Å². The molecule has 0 aliphatic rings. The van der Waals surface area contributed by atoms with Gasteiger partial charge < -0.3 is 10.2 Å². The number of aromatic nitrogens is 2. The van der Waals surface area contributed by atoms with E-state index in [9.17, 15) is 10.2 Å². The van der Waals surface area contributed by atoms with E-state index in [1.165, 1.54) is 16.7 Å². The van der Waals surface area contributed by atoms with Crippen LogP contribution in [0.25, 0.3) is 0 Å². The molecule has 3 aromatic rings. The number of nitrogens with zero attached hydrogens (tertiary/aromatic N) is 3. The summed E-state index contributed by atoms with van der Waals surface area (Å²) in [6.07, 6.45) is 6.76. The molecular formula is C28H34ClN3NiO2. The summed E-state index contributed by atoms with van der Waals surface area (Å²) in [5.74, 6) is -0.887. The molecule has 0 fully saturated rings. The van der Waals surface area contributed by atoms with Crippen molar-refractivity contribution >= 4 is 23.5 Å². The van der Waals surface area contributed by atoms with E-state index in [1.54, 1.807) is 30.9 Å². The van der Waals surface area contributed by atoms with Crippen LogP contribution in [0.15, 0.2) is 41.8 Å². The molecule has 0 radical (unpaired) electrons. The molecule has 35 heavy (non-hydrogen) atoms. The average Bonchev–Trinajstić information content (AvgIpc) is 2.69. The van der Waals surface area contributed by atoms with Crippen molar-refractivity contribution in [1.29, 1.82) is 0 Å². The second-order valence-corrected chi connectivity index (χ2v) is 11.0. The summed E-state index contributed by atoms with van der Waals surface area (Å²) in [5, 5.41) is 24.6. The second kappa shape index (κ2) is 12.0. The number of benzene rings is 2. The fourth-order valence-corrected chi connectivity index (χ4v) is 4.23. The summed E-state index contributed by atoms with van der Waals surface area (Å²) >= 11 is 6.16. The number of rotatable bonds is 2. The maximum absolute atomic E-state index is 12.1. The summed E-state index contributed by atoms with van der Waals surface area (Å²) in [6.45, 7) is 17.6. The van der Waals surface area contributed by atoms with Crippen LogP contribution in [0.4, 0.5) is 5.69 Å². The Balaban J connectivity index is 0.000000340. The van der Waals surface area contributed by atoms with Crippen molar-refractivity contribution in [3.05, 3.63) is 75.3 Å². The van der Waals surface area contributed by atoms with E-state index in [0.29, 0.717) is 16.1 Å². The quantitative estimate of drug-likeness (QED) is 0.286. The number of hydrogen-bond acceptors (Lipinski definition) is 5. The minimum absolute atomic E-state index is 0. The van der Waals surface area contributed by atoms with Gasteiger partial charge in [-0.3, -0.25) is 15.0 Å². The Hall–Kier alpha value is -2.43. The van der Waals surface area contributed by atoms with Crippen LogP contribution in [-0.2, 0) is 27.3 Å². The first-order chi connectivity index (χ1) is 15.6. The standard InChI is InChI=1S/C14H21ClO2.C14H15N3.Ni/c1-13(2,3)8-7-9(15)10(14(4,5)6)12(17)11(8)16;1-10-6-11(2)14(12(3)7-10)17-9-13-8-15-4-5-16-13;/h7,16-17H,1-6H3;4-9H,1-3H3;/q;;+2/p-2. The van der Waals surface area contributed by atoms with Crippen molar-refractivity contribution in [1.82, 2.24) is 9.97 Å². The van der Waals surface area contributed by atoms with Gasteiger partial charge in [-0.05, 0) is 59.9 Å². The maximum Gasteiger partial charge on any atom is 2.00 e. The van der Waals surface area contributed by atoms with Gasteiger partial charge in [-0.2, -0.15) is 0 Å². The Morgan fingerprint density at radius 3 is 1.89 bits per heavy atom. The fourth-order valence-electron chi connectivity index (χ4n) is 3.75. The van der Waals surface area contributed by atoms with Crippen molar-refractivity contribution in [3.8, 4) is 11.5 Å². The zero-order valence-electron chi connectivity index (χ0n) is 21.9. The number of halogens is 1. The van der Waals surface area contributed by atoms with Crippen molar-refractivity contribution in [2.75, 3.05) is 0 Å². The Morgan fingerprint density at radius 1 is 0.857 bits per heavy atom. The Labute approximate surface area is 224 Å². The van der Waals surface area contributed by atoms with Gasteiger partial charge in [0.05, 0.1) is 23.8 Å². The molecule has 0 bridgehead atoms. The number of hydrogen-bond donors (Lipinski definition) is 0. The van der Waals surface area contributed by atoms with E-state index >= 15 is 0 Å². The van der Waals surface area contributed by atoms with Crippen LogP contribution in [0.2, 0.25) is 5.02 Å². The molecule has 2 aromatic carbocycles. The molecule has 0 atom stereocenters. The molecule has 3 rings (SSSR count). The monoisotopic (exact) mass is 537 g/mol. The molecule has 0 aliphatic heterocycles. The predicted octanol–water partition coefficient (Wildman–Crippen LogP) is 6.23. The summed E-state index contributed by atoms with van der Waals surface area (Å²) in [4.78, 5) is 12.7. The van der Waals surface area contributed by atoms with E-state index in [2.05, 4.69) is 47.9 Å². The van der Waals surface area contributed by atoms with Gasteiger partial charge in [0.25, 0.3) is 0 Å². The summed E-state index contributed by atoms with van der Waals surface area (Å²) in [6, 6.07) is 5.92. The Kier molecular flexibility index (Phi) is 10.5. The first-order valence-electron chi connectivity index (χ1n) is 11.2. The van der Waals surface area contributed by atoms with Gasteiger partial charge in [-0.25, -0.2) is 0 Å². The Bertz CT molecular complexity index is 1160. The minimum atomic E-state index is -0.463. The number of aryl methyl sites for hydroxylation is 3. The van der Waals surface area contributed by atoms with E-state index in [4.69, 9.17) is 11.6 Å². The van der Waals surface area contributed by atoms with Crippen LogP contribution in [0.1, 0.15) is 75.1 Å². The predicted molar refractivity (Wildman–Crippen MR) is 138 cm³/mol. The zero-order valence-corrected chi connectivity index (χ0v) is 23.6. The second-order valence-electron chi connectivity index (χ2n) is 10.6. The average molecular weight is 539 g/mol. The van der Waals surface area contributed by atoms with Crippen molar-refractivity contribution in [2.24, 2.45) is 4.99 Å². The van der Waals surface area contributed by atoms with Gasteiger partial charge >= 0.3 is 16.5 Å². The molecule has 0 spiro atoms. The van der Waals surface area contributed by atoms with Crippen molar-refractivity contribution in [2.45, 2.75) is 73.1 Å². The summed E-state index contributed by atoms with van der Waals surface area (Å²) in [5.41, 5.74) is 5.54. The van der Waals surface area contributed by atoms with E-state index in [-0.39, 0.29) is 21.9 Å². The largest absolute Gasteiger partial charge is 2.00 e. The van der Waals surface area contributed by atoms with Crippen molar-refractivity contribution < 1.29 is 26.7 Å². The van der Waals surface area contributed by atoms with E-state index in [0.717, 1.165) is 11.4 Å². The van der Waals surface area contributed by atoms with E-state index < -0.39 is 16.9 Å².